The summed E-state index contributed by atoms with van der Waals surface area (Å²) in [5.41, 5.74) is 10.4. The summed E-state index contributed by atoms with van der Waals surface area (Å²) in [7, 11) is 0. The number of aromatic nitrogens is 4. The van der Waals surface area contributed by atoms with Crippen LogP contribution >= 0.6 is 11.3 Å². The molecule has 4 aromatic heterocycles. The number of imidazole rings is 1. The monoisotopic (exact) mass is 630 g/mol. The van der Waals surface area contributed by atoms with E-state index in [9.17, 15) is 0 Å². The molecule has 0 aliphatic heterocycles. The first-order chi connectivity index (χ1) is 23.8. The van der Waals surface area contributed by atoms with Crippen LogP contribution in [0.25, 0.3) is 92.8 Å². The van der Waals surface area contributed by atoms with Crippen LogP contribution in [-0.4, -0.2) is 19.4 Å². The standard InChI is InChI=1S/C43H26N4S/c1-3-12-27(13-4-1)36-26-37(45-41(44-36)28-14-5-2-6-15-28)31-17-11-16-29(24-31)30-22-23-39-34(25-30)40-32-18-7-8-19-33(32)42-46-35-20-9-10-21-38(35)47(42)43(40)48-39/h1-26H. The van der Waals surface area contributed by atoms with Crippen LogP contribution in [-0.2, 0) is 0 Å². The Balaban J connectivity index is 1.16. The smallest absolute Gasteiger partial charge is 0.160 e. The molecule has 0 aliphatic carbocycles. The predicted octanol–water partition coefficient (Wildman–Crippen LogP) is 11.5. The van der Waals surface area contributed by atoms with Crippen molar-refractivity contribution < 1.29 is 0 Å². The third kappa shape index (κ3) is 4.25. The van der Waals surface area contributed by atoms with Crippen LogP contribution in [0.1, 0.15) is 0 Å². The average molecular weight is 631 g/mol. The van der Waals surface area contributed by atoms with E-state index in [1.54, 1.807) is 0 Å². The molecule has 0 N–H and O–H groups in total. The van der Waals surface area contributed by atoms with Gasteiger partial charge in [-0.05, 0) is 52.9 Å². The lowest BCUT2D eigenvalue weighted by Crippen LogP contribution is -1.96. The lowest BCUT2D eigenvalue weighted by atomic mass is 9.98. The molecule has 0 bridgehead atoms. The lowest BCUT2D eigenvalue weighted by Gasteiger charge is -2.11. The van der Waals surface area contributed by atoms with Gasteiger partial charge in [0.2, 0.25) is 0 Å². The maximum atomic E-state index is 5.08. The van der Waals surface area contributed by atoms with Crippen molar-refractivity contribution in [3.05, 3.63) is 158 Å². The van der Waals surface area contributed by atoms with E-state index < -0.39 is 0 Å². The number of fused-ring (bicyclic) bond motifs is 10. The fourth-order valence-electron chi connectivity index (χ4n) is 6.92. The van der Waals surface area contributed by atoms with Crippen LogP contribution in [0, 0.1) is 0 Å². The van der Waals surface area contributed by atoms with Gasteiger partial charge in [-0.15, -0.1) is 11.3 Å². The Morgan fingerprint density at radius 3 is 1.92 bits per heavy atom. The Kier molecular flexibility index (Phi) is 6.01. The first-order valence-electron chi connectivity index (χ1n) is 16.0. The molecule has 10 aromatic rings. The second-order valence-corrected chi connectivity index (χ2v) is 13.1. The summed E-state index contributed by atoms with van der Waals surface area (Å²) in [6.07, 6.45) is 0. The highest BCUT2D eigenvalue weighted by molar-refractivity contribution is 7.25. The molecule has 6 aromatic carbocycles. The largest absolute Gasteiger partial charge is 0.283 e. The van der Waals surface area contributed by atoms with Crippen molar-refractivity contribution in [1.82, 2.24) is 19.4 Å². The second-order valence-electron chi connectivity index (χ2n) is 12.1. The third-order valence-electron chi connectivity index (χ3n) is 9.19. The Labute approximate surface area is 280 Å². The maximum absolute atomic E-state index is 5.08. The van der Waals surface area contributed by atoms with Crippen LogP contribution in [0.4, 0.5) is 0 Å². The number of thiophene rings is 1. The van der Waals surface area contributed by atoms with Crippen LogP contribution in [0.3, 0.4) is 0 Å². The van der Waals surface area contributed by atoms with E-state index in [2.05, 4.69) is 126 Å². The van der Waals surface area contributed by atoms with Gasteiger partial charge in [0.1, 0.15) is 10.5 Å². The summed E-state index contributed by atoms with van der Waals surface area (Å²) in [6, 6.07) is 55.3. The molecular weight excluding hydrogens is 605 g/mol. The number of hydrogen-bond donors (Lipinski definition) is 0. The van der Waals surface area contributed by atoms with Gasteiger partial charge >= 0.3 is 0 Å². The van der Waals surface area contributed by atoms with E-state index >= 15 is 0 Å². The predicted molar refractivity (Wildman–Crippen MR) is 200 cm³/mol. The van der Waals surface area contributed by atoms with Crippen LogP contribution in [0.15, 0.2) is 158 Å². The van der Waals surface area contributed by atoms with E-state index in [0.717, 1.165) is 50.3 Å². The van der Waals surface area contributed by atoms with Gasteiger partial charge in [0.25, 0.3) is 0 Å². The zero-order valence-corrected chi connectivity index (χ0v) is 26.5. The summed E-state index contributed by atoms with van der Waals surface area (Å²) in [6.45, 7) is 0. The molecule has 0 saturated heterocycles. The molecule has 224 valence electrons. The fraction of sp³-hybridized carbons (Fsp3) is 0. The van der Waals surface area contributed by atoms with Crippen LogP contribution in [0.5, 0.6) is 0 Å². The molecule has 0 amide bonds. The Hall–Kier alpha value is -6.17. The minimum Gasteiger partial charge on any atom is -0.283 e. The van der Waals surface area contributed by atoms with Gasteiger partial charge in [0.15, 0.2) is 5.82 Å². The average Bonchev–Trinajstić information content (AvgIpc) is 3.74. The van der Waals surface area contributed by atoms with Gasteiger partial charge in [-0.25, -0.2) is 15.0 Å². The zero-order chi connectivity index (χ0) is 31.6. The highest BCUT2D eigenvalue weighted by atomic mass is 32.1. The molecule has 5 heteroatoms. The van der Waals surface area contributed by atoms with Crippen LogP contribution < -0.4 is 0 Å². The van der Waals surface area contributed by atoms with E-state index in [1.165, 1.54) is 36.6 Å². The lowest BCUT2D eigenvalue weighted by molar-refractivity contribution is 1.18. The fourth-order valence-corrected chi connectivity index (χ4v) is 8.13. The van der Waals surface area contributed by atoms with Gasteiger partial charge < -0.3 is 0 Å². The molecule has 0 spiro atoms. The number of nitrogens with zero attached hydrogens (tertiary/aromatic N) is 4. The molecule has 10 rings (SSSR count). The van der Waals surface area contributed by atoms with Crippen molar-refractivity contribution in [3.63, 3.8) is 0 Å². The Bertz CT molecular complexity index is 2780. The molecule has 4 heterocycles. The molecular formula is C43H26N4S. The molecule has 0 fully saturated rings. The number of benzene rings is 6. The van der Waals surface area contributed by atoms with Crippen molar-refractivity contribution in [2.24, 2.45) is 0 Å². The summed E-state index contributed by atoms with van der Waals surface area (Å²) >= 11 is 1.83. The van der Waals surface area contributed by atoms with E-state index in [4.69, 9.17) is 15.0 Å². The van der Waals surface area contributed by atoms with Crippen molar-refractivity contribution in [2.45, 2.75) is 0 Å². The Morgan fingerprint density at radius 1 is 0.438 bits per heavy atom. The molecule has 0 aliphatic rings. The maximum Gasteiger partial charge on any atom is 0.160 e. The van der Waals surface area contributed by atoms with E-state index in [1.807, 2.05) is 47.7 Å². The summed E-state index contributed by atoms with van der Waals surface area (Å²) in [5.74, 6) is 0.716. The molecule has 0 saturated carbocycles. The van der Waals surface area contributed by atoms with Crippen molar-refractivity contribution in [2.75, 3.05) is 0 Å². The first-order valence-corrected chi connectivity index (χ1v) is 16.9. The topological polar surface area (TPSA) is 43.1 Å². The van der Waals surface area contributed by atoms with Gasteiger partial charge in [-0.2, -0.15) is 0 Å². The van der Waals surface area contributed by atoms with E-state index in [0.29, 0.717) is 5.82 Å². The molecule has 48 heavy (non-hydrogen) atoms. The molecule has 0 unspecified atom stereocenters. The van der Waals surface area contributed by atoms with Crippen molar-refractivity contribution in [1.29, 1.82) is 0 Å². The minimum absolute atomic E-state index is 0.716. The number of pyridine rings is 1. The van der Waals surface area contributed by atoms with E-state index in [-0.39, 0.29) is 0 Å². The highest BCUT2D eigenvalue weighted by Gasteiger charge is 2.18. The number of rotatable bonds is 4. The molecule has 4 nitrogen and oxygen atoms in total. The van der Waals surface area contributed by atoms with Crippen LogP contribution in [0.2, 0.25) is 0 Å². The molecule has 0 radical (unpaired) electrons. The second kappa shape index (κ2) is 10.7. The quantitative estimate of drug-likeness (QED) is 0.194. The van der Waals surface area contributed by atoms with Crippen molar-refractivity contribution in [3.8, 4) is 45.0 Å². The third-order valence-corrected chi connectivity index (χ3v) is 10.3. The number of hydrogen-bond acceptors (Lipinski definition) is 4. The zero-order valence-electron chi connectivity index (χ0n) is 25.7. The summed E-state index contributed by atoms with van der Waals surface area (Å²) in [5, 5.41) is 4.93. The molecule has 0 atom stereocenters. The van der Waals surface area contributed by atoms with Crippen molar-refractivity contribution >= 4 is 59.1 Å². The van der Waals surface area contributed by atoms with Gasteiger partial charge in [0, 0.05) is 37.5 Å². The summed E-state index contributed by atoms with van der Waals surface area (Å²) in [4.78, 5) is 16.4. The van der Waals surface area contributed by atoms with Gasteiger partial charge in [0.05, 0.1) is 22.4 Å². The SMILES string of the molecule is c1ccc(-c2cc(-c3cccc(-c4ccc5sc6c(c5c4)c4ccccc4c4nc5ccccc5n46)c3)nc(-c3ccccc3)n2)cc1. The first kappa shape index (κ1) is 27.0. The van der Waals surface area contributed by atoms with Gasteiger partial charge in [-0.3, -0.25) is 4.40 Å². The number of para-hydroxylation sites is 2. The highest BCUT2D eigenvalue weighted by Crippen LogP contribution is 2.43. The summed E-state index contributed by atoms with van der Waals surface area (Å²) < 4.78 is 3.61. The Morgan fingerprint density at radius 2 is 1.08 bits per heavy atom. The van der Waals surface area contributed by atoms with Gasteiger partial charge in [-0.1, -0.05) is 121 Å². The normalized spacial score (nSPS) is 11.8. The minimum atomic E-state index is 0.716.